The van der Waals surface area contributed by atoms with Crippen molar-refractivity contribution in [3.63, 3.8) is 0 Å². The van der Waals surface area contributed by atoms with Gasteiger partial charge in [-0.2, -0.15) is 13.5 Å². The first-order valence-corrected chi connectivity index (χ1v) is 11.1. The largest absolute Gasteiger partial charge is 0.297 e. The van der Waals surface area contributed by atoms with Gasteiger partial charge in [0, 0.05) is 17.3 Å². The van der Waals surface area contributed by atoms with E-state index in [9.17, 15) is 8.42 Å². The van der Waals surface area contributed by atoms with E-state index in [1.165, 1.54) is 0 Å². The molecule has 0 unspecified atom stereocenters. The van der Waals surface area contributed by atoms with Crippen molar-refractivity contribution in [3.05, 3.63) is 96.7 Å². The molecule has 0 N–H and O–H groups in total. The average molecular weight is 419 g/mol. The molecule has 152 valence electrons. The fraction of sp³-hybridized carbons (Fsp3) is 0.125. The third-order valence-corrected chi connectivity index (χ3v) is 6.09. The summed E-state index contributed by atoms with van der Waals surface area (Å²) in [5.74, 6) is 0. The van der Waals surface area contributed by atoms with E-state index in [0.29, 0.717) is 6.54 Å². The van der Waals surface area contributed by atoms with E-state index in [2.05, 4.69) is 0 Å². The zero-order chi connectivity index (χ0) is 21.0. The van der Waals surface area contributed by atoms with Gasteiger partial charge in [0.05, 0.1) is 18.0 Å². The van der Waals surface area contributed by atoms with E-state index in [4.69, 9.17) is 9.28 Å². The van der Waals surface area contributed by atoms with Crippen LogP contribution in [0.3, 0.4) is 0 Å². The Bertz CT molecular complexity index is 1160. The molecule has 0 bridgehead atoms. The van der Waals surface area contributed by atoms with Gasteiger partial charge in [-0.3, -0.25) is 8.86 Å². The Balaban J connectivity index is 1.55. The summed E-state index contributed by atoms with van der Waals surface area (Å²) in [5.41, 5.74) is 4.89. The van der Waals surface area contributed by atoms with Gasteiger partial charge in [-0.1, -0.05) is 78.4 Å². The molecular weight excluding hydrogens is 396 g/mol. The van der Waals surface area contributed by atoms with E-state index >= 15 is 0 Å². The summed E-state index contributed by atoms with van der Waals surface area (Å²) in [6.07, 6.45) is 1.93. The molecule has 6 heteroatoms. The molecule has 30 heavy (non-hydrogen) atoms. The molecule has 0 saturated heterocycles. The first kappa shape index (κ1) is 20.1. The smallest absolute Gasteiger partial charge is 0.269 e. The van der Waals surface area contributed by atoms with Crippen LogP contribution in [0.2, 0.25) is 0 Å². The van der Waals surface area contributed by atoms with Crippen LogP contribution in [0.5, 0.6) is 0 Å². The van der Waals surface area contributed by atoms with Gasteiger partial charge in [-0.25, -0.2) is 0 Å². The SMILES string of the molecule is Cc1ccc(S(=O)(=O)OCCn2cc(-c3ccccc3)c(-c3ccccc3)n2)cc1. The maximum atomic E-state index is 12.4. The van der Waals surface area contributed by atoms with Crippen LogP contribution in [-0.4, -0.2) is 24.8 Å². The van der Waals surface area contributed by atoms with Crippen molar-refractivity contribution in [2.75, 3.05) is 6.61 Å². The standard InChI is InChI=1S/C24H22N2O3S/c1-19-12-14-22(15-13-19)30(27,28)29-17-16-26-18-23(20-8-4-2-5-9-20)24(25-26)21-10-6-3-7-11-21/h2-15,18H,16-17H2,1H3. The Morgan fingerprint density at radius 2 is 1.43 bits per heavy atom. The number of aromatic nitrogens is 2. The molecule has 0 atom stereocenters. The lowest BCUT2D eigenvalue weighted by Gasteiger charge is -2.06. The molecule has 0 radical (unpaired) electrons. The molecule has 4 aromatic rings. The quantitative estimate of drug-likeness (QED) is 0.399. The first-order chi connectivity index (χ1) is 14.5. The van der Waals surface area contributed by atoms with Crippen LogP contribution in [-0.2, 0) is 20.8 Å². The molecule has 3 aromatic carbocycles. The second-order valence-electron chi connectivity index (χ2n) is 6.98. The molecule has 1 aromatic heterocycles. The monoisotopic (exact) mass is 418 g/mol. The molecule has 0 aliphatic rings. The second kappa shape index (κ2) is 8.65. The minimum Gasteiger partial charge on any atom is -0.269 e. The van der Waals surface area contributed by atoms with E-state index in [1.807, 2.05) is 73.8 Å². The van der Waals surface area contributed by atoms with Gasteiger partial charge in [-0.05, 0) is 24.6 Å². The highest BCUT2D eigenvalue weighted by molar-refractivity contribution is 7.86. The fourth-order valence-electron chi connectivity index (χ4n) is 3.19. The molecule has 4 rings (SSSR count). The third kappa shape index (κ3) is 4.50. The van der Waals surface area contributed by atoms with Crippen molar-refractivity contribution < 1.29 is 12.6 Å². The topological polar surface area (TPSA) is 61.2 Å². The van der Waals surface area contributed by atoms with Crippen molar-refractivity contribution in [2.45, 2.75) is 18.4 Å². The lowest BCUT2D eigenvalue weighted by molar-refractivity contribution is 0.294. The molecule has 5 nitrogen and oxygen atoms in total. The van der Waals surface area contributed by atoms with Crippen LogP contribution >= 0.6 is 0 Å². The molecule has 0 aliphatic heterocycles. The Morgan fingerprint density at radius 1 is 0.833 bits per heavy atom. The summed E-state index contributed by atoms with van der Waals surface area (Å²) in [5, 5.41) is 4.70. The van der Waals surface area contributed by atoms with Gasteiger partial charge < -0.3 is 0 Å². The van der Waals surface area contributed by atoms with Crippen molar-refractivity contribution >= 4 is 10.1 Å². The molecule has 0 aliphatic carbocycles. The first-order valence-electron chi connectivity index (χ1n) is 9.67. The number of rotatable bonds is 7. The highest BCUT2D eigenvalue weighted by Crippen LogP contribution is 2.30. The van der Waals surface area contributed by atoms with Crippen LogP contribution < -0.4 is 0 Å². The Labute approximate surface area is 176 Å². The van der Waals surface area contributed by atoms with Crippen LogP contribution in [0.25, 0.3) is 22.4 Å². The third-order valence-electron chi connectivity index (χ3n) is 4.76. The van der Waals surface area contributed by atoms with Crippen molar-refractivity contribution in [3.8, 4) is 22.4 Å². The lowest BCUT2D eigenvalue weighted by atomic mass is 10.0. The van der Waals surface area contributed by atoms with Crippen molar-refractivity contribution in [2.24, 2.45) is 0 Å². The Kier molecular flexibility index (Phi) is 5.79. The summed E-state index contributed by atoms with van der Waals surface area (Å²) >= 11 is 0. The van der Waals surface area contributed by atoms with Gasteiger partial charge in [-0.15, -0.1) is 0 Å². The van der Waals surface area contributed by atoms with Gasteiger partial charge in [0.15, 0.2) is 0 Å². The zero-order valence-electron chi connectivity index (χ0n) is 16.6. The predicted octanol–water partition coefficient (Wildman–Crippen LogP) is 4.93. The van der Waals surface area contributed by atoms with Gasteiger partial charge in [0.1, 0.15) is 5.69 Å². The van der Waals surface area contributed by atoms with Gasteiger partial charge >= 0.3 is 0 Å². The number of benzene rings is 3. The minimum absolute atomic E-state index is 0.000346. The molecule has 1 heterocycles. The molecular formula is C24H22N2O3S. The van der Waals surface area contributed by atoms with Crippen LogP contribution in [0.1, 0.15) is 5.56 Å². The Hall–Kier alpha value is -3.22. The number of hydrogen-bond donors (Lipinski definition) is 0. The molecule has 0 amide bonds. The predicted molar refractivity (Wildman–Crippen MR) is 117 cm³/mol. The van der Waals surface area contributed by atoms with Gasteiger partial charge in [0.2, 0.25) is 0 Å². The van der Waals surface area contributed by atoms with Crippen molar-refractivity contribution in [1.29, 1.82) is 0 Å². The minimum atomic E-state index is -3.80. The van der Waals surface area contributed by atoms with Gasteiger partial charge in [0.25, 0.3) is 10.1 Å². The van der Waals surface area contributed by atoms with E-state index < -0.39 is 10.1 Å². The summed E-state index contributed by atoms with van der Waals surface area (Å²) in [6.45, 7) is 2.22. The van der Waals surface area contributed by atoms with Crippen LogP contribution in [0.4, 0.5) is 0 Å². The zero-order valence-corrected chi connectivity index (χ0v) is 17.4. The van der Waals surface area contributed by atoms with E-state index in [-0.39, 0.29) is 11.5 Å². The maximum Gasteiger partial charge on any atom is 0.297 e. The summed E-state index contributed by atoms with van der Waals surface area (Å²) in [6, 6.07) is 26.6. The van der Waals surface area contributed by atoms with Crippen LogP contribution in [0.15, 0.2) is 96.0 Å². The fourth-order valence-corrected chi connectivity index (χ4v) is 4.09. The van der Waals surface area contributed by atoms with Crippen LogP contribution in [0, 0.1) is 6.92 Å². The molecule has 0 saturated carbocycles. The number of nitrogens with zero attached hydrogens (tertiary/aromatic N) is 2. The highest BCUT2D eigenvalue weighted by atomic mass is 32.2. The summed E-state index contributed by atoms with van der Waals surface area (Å²) in [4.78, 5) is 0.156. The average Bonchev–Trinajstić information content (AvgIpc) is 3.19. The second-order valence-corrected chi connectivity index (χ2v) is 8.59. The maximum absolute atomic E-state index is 12.4. The van der Waals surface area contributed by atoms with Crippen molar-refractivity contribution in [1.82, 2.24) is 9.78 Å². The van der Waals surface area contributed by atoms with E-state index in [1.54, 1.807) is 28.9 Å². The number of hydrogen-bond acceptors (Lipinski definition) is 4. The molecule has 0 spiro atoms. The van der Waals surface area contributed by atoms with E-state index in [0.717, 1.165) is 27.9 Å². The summed E-state index contributed by atoms with van der Waals surface area (Å²) < 4.78 is 31.8. The normalized spacial score (nSPS) is 11.5. The Morgan fingerprint density at radius 3 is 2.07 bits per heavy atom. The number of aryl methyl sites for hydroxylation is 1. The lowest BCUT2D eigenvalue weighted by Crippen LogP contribution is -2.12. The summed E-state index contributed by atoms with van der Waals surface area (Å²) in [7, 11) is -3.80. The molecule has 0 fully saturated rings. The highest BCUT2D eigenvalue weighted by Gasteiger charge is 2.16.